The Balaban J connectivity index is 2.39. The molecule has 2 atom stereocenters. The number of benzene rings is 2. The summed E-state index contributed by atoms with van der Waals surface area (Å²) in [6.45, 7) is 8.30. The molecule has 0 heterocycles. The van der Waals surface area contributed by atoms with Crippen LogP contribution in [-0.4, -0.2) is 10.8 Å². The molecule has 22 heavy (non-hydrogen) atoms. The number of allylic oxidation sites excluding steroid dienone is 1. The predicted molar refractivity (Wildman–Crippen MR) is 98.4 cm³/mol. The molecule has 0 aromatic heterocycles. The van der Waals surface area contributed by atoms with Crippen LogP contribution >= 0.6 is 7.14 Å². The van der Waals surface area contributed by atoms with E-state index in [2.05, 4.69) is 52.0 Å². The summed E-state index contributed by atoms with van der Waals surface area (Å²) in [5.41, 5.74) is 1.14. The molecule has 0 spiro atoms. The van der Waals surface area contributed by atoms with Gasteiger partial charge in [-0.25, -0.2) is 0 Å². The van der Waals surface area contributed by atoms with E-state index in [4.69, 9.17) is 0 Å². The fraction of sp³-hybridized carbons (Fsp3) is 0.300. The molecule has 0 fully saturated rings. The van der Waals surface area contributed by atoms with Crippen LogP contribution in [0.15, 0.2) is 66.7 Å². The zero-order valence-electron chi connectivity index (χ0n) is 13.9. The highest BCUT2D eigenvalue weighted by atomic mass is 31.2. The zero-order chi connectivity index (χ0) is 16.2. The summed E-state index contributed by atoms with van der Waals surface area (Å²) >= 11 is 0. The summed E-state index contributed by atoms with van der Waals surface area (Å²) in [6, 6.07) is 20.1. The second-order valence-corrected chi connectivity index (χ2v) is 10.7. The third-order valence-corrected chi connectivity index (χ3v) is 8.45. The Bertz CT molecular complexity index is 666. The van der Waals surface area contributed by atoms with Crippen molar-refractivity contribution in [2.75, 3.05) is 0 Å². The topological polar surface area (TPSA) is 17.1 Å². The summed E-state index contributed by atoms with van der Waals surface area (Å²) < 4.78 is 13.9. The van der Waals surface area contributed by atoms with E-state index in [1.807, 2.05) is 48.5 Å². The van der Waals surface area contributed by atoms with E-state index in [1.54, 1.807) is 0 Å². The van der Waals surface area contributed by atoms with E-state index in [1.165, 1.54) is 0 Å². The maximum Gasteiger partial charge on any atom is 0.126 e. The van der Waals surface area contributed by atoms with E-state index in [0.717, 1.165) is 10.9 Å². The number of hydrogen-bond donors (Lipinski definition) is 0. The molecule has 1 nitrogen and oxygen atoms in total. The minimum Gasteiger partial charge on any atom is -0.317 e. The van der Waals surface area contributed by atoms with Gasteiger partial charge in [0.15, 0.2) is 0 Å². The van der Waals surface area contributed by atoms with E-state index < -0.39 is 7.14 Å². The Morgan fingerprint density at radius 1 is 0.909 bits per heavy atom. The van der Waals surface area contributed by atoms with E-state index >= 15 is 0 Å². The van der Waals surface area contributed by atoms with Crippen molar-refractivity contribution in [1.82, 2.24) is 0 Å². The van der Waals surface area contributed by atoms with Crippen molar-refractivity contribution in [2.24, 2.45) is 0 Å². The molecule has 2 heteroatoms. The molecular formula is C20H25OP. The van der Waals surface area contributed by atoms with Gasteiger partial charge in [0.2, 0.25) is 0 Å². The van der Waals surface area contributed by atoms with Gasteiger partial charge < -0.3 is 4.57 Å². The van der Waals surface area contributed by atoms with Gasteiger partial charge in [-0.3, -0.25) is 0 Å². The van der Waals surface area contributed by atoms with E-state index in [0.29, 0.717) is 0 Å². The largest absolute Gasteiger partial charge is 0.317 e. The van der Waals surface area contributed by atoms with E-state index in [9.17, 15) is 4.57 Å². The van der Waals surface area contributed by atoms with Crippen molar-refractivity contribution in [3.63, 3.8) is 0 Å². The Morgan fingerprint density at radius 2 is 1.41 bits per heavy atom. The highest BCUT2D eigenvalue weighted by molar-refractivity contribution is 7.73. The maximum absolute atomic E-state index is 13.9. The van der Waals surface area contributed by atoms with Gasteiger partial charge >= 0.3 is 0 Å². The van der Waals surface area contributed by atoms with Crippen molar-refractivity contribution in [2.45, 2.75) is 38.5 Å². The molecule has 0 radical (unpaired) electrons. The third kappa shape index (κ3) is 3.42. The van der Waals surface area contributed by atoms with Crippen LogP contribution < -0.4 is 5.30 Å². The smallest absolute Gasteiger partial charge is 0.126 e. The van der Waals surface area contributed by atoms with Crippen LogP contribution in [0.4, 0.5) is 0 Å². The van der Waals surface area contributed by atoms with Gasteiger partial charge in [-0.2, -0.15) is 0 Å². The average Bonchev–Trinajstić information content (AvgIpc) is 2.52. The van der Waals surface area contributed by atoms with Crippen molar-refractivity contribution in [3.8, 4) is 0 Å². The van der Waals surface area contributed by atoms with E-state index in [-0.39, 0.29) is 10.8 Å². The monoisotopic (exact) mass is 312 g/mol. The maximum atomic E-state index is 13.9. The highest BCUT2D eigenvalue weighted by Crippen LogP contribution is 2.60. The summed E-state index contributed by atoms with van der Waals surface area (Å²) in [6.07, 6.45) is 4.17. The number of rotatable bonds is 4. The molecule has 0 aliphatic rings. The molecule has 0 aliphatic heterocycles. The highest BCUT2D eigenvalue weighted by Gasteiger charge is 2.41. The first-order valence-electron chi connectivity index (χ1n) is 7.74. The summed E-state index contributed by atoms with van der Waals surface area (Å²) in [5, 5.41) is 0.696. The van der Waals surface area contributed by atoms with Gasteiger partial charge in [-0.1, -0.05) is 101 Å². The lowest BCUT2D eigenvalue weighted by Crippen LogP contribution is -2.28. The van der Waals surface area contributed by atoms with Crippen LogP contribution in [0.5, 0.6) is 0 Å². The Hall–Kier alpha value is -1.59. The van der Waals surface area contributed by atoms with Gasteiger partial charge in [0.05, 0.1) is 0 Å². The molecule has 0 N–H and O–H groups in total. The Morgan fingerprint density at radius 3 is 1.91 bits per heavy atom. The van der Waals surface area contributed by atoms with Crippen LogP contribution in [0.2, 0.25) is 0 Å². The van der Waals surface area contributed by atoms with Crippen LogP contribution in [0.25, 0.3) is 6.08 Å². The van der Waals surface area contributed by atoms with Crippen molar-refractivity contribution in [1.29, 1.82) is 0 Å². The SMILES string of the molecule is C[C@H](/C=C/c1ccccc1)[P@](=O)(c1ccccc1)C(C)(C)C. The van der Waals surface area contributed by atoms with Crippen LogP contribution in [-0.2, 0) is 4.57 Å². The molecule has 2 aromatic rings. The van der Waals surface area contributed by atoms with Crippen molar-refractivity contribution < 1.29 is 4.57 Å². The van der Waals surface area contributed by atoms with Crippen LogP contribution in [0, 0.1) is 0 Å². The van der Waals surface area contributed by atoms with Crippen molar-refractivity contribution >= 4 is 18.5 Å². The summed E-state index contributed by atoms with van der Waals surface area (Å²) in [7, 11) is -2.57. The molecule has 0 saturated heterocycles. The van der Waals surface area contributed by atoms with Crippen LogP contribution in [0.1, 0.15) is 33.3 Å². The fourth-order valence-electron chi connectivity index (χ4n) is 2.82. The predicted octanol–water partition coefficient (Wildman–Crippen LogP) is 5.58. The standard InChI is InChI=1S/C20H25OP/c1-17(15-16-18-11-7-5-8-12-18)22(21,20(2,3)4)19-13-9-6-10-14-19/h5-17H,1-4H3/b16-15+/t17-,22+/m1/s1. The van der Waals surface area contributed by atoms with Crippen LogP contribution in [0.3, 0.4) is 0 Å². The molecule has 116 valence electrons. The quantitative estimate of drug-likeness (QED) is 0.674. The zero-order valence-corrected chi connectivity index (χ0v) is 14.8. The molecular weight excluding hydrogens is 287 g/mol. The average molecular weight is 312 g/mol. The first-order chi connectivity index (χ1) is 10.4. The fourth-order valence-corrected chi connectivity index (χ4v) is 6.23. The molecule has 0 amide bonds. The lowest BCUT2D eigenvalue weighted by Gasteiger charge is -2.35. The van der Waals surface area contributed by atoms with Gasteiger partial charge in [-0.15, -0.1) is 0 Å². The third-order valence-electron chi connectivity index (χ3n) is 4.08. The van der Waals surface area contributed by atoms with Gasteiger partial charge in [0.1, 0.15) is 7.14 Å². The molecule has 0 unspecified atom stereocenters. The van der Waals surface area contributed by atoms with Gasteiger partial charge in [0.25, 0.3) is 0 Å². The minimum atomic E-state index is -2.57. The molecule has 2 aromatic carbocycles. The summed E-state index contributed by atoms with van der Waals surface area (Å²) in [5.74, 6) is 0. The Labute approximate surface area is 134 Å². The number of hydrogen-bond acceptors (Lipinski definition) is 1. The second kappa shape index (κ2) is 6.67. The Kier molecular flexibility index (Phi) is 5.08. The summed E-state index contributed by atoms with van der Waals surface area (Å²) in [4.78, 5) is 0. The molecule has 0 saturated carbocycles. The lowest BCUT2D eigenvalue weighted by molar-refractivity contribution is 0.552. The first kappa shape index (κ1) is 16.8. The van der Waals surface area contributed by atoms with Gasteiger partial charge in [0, 0.05) is 16.1 Å². The molecule has 2 rings (SSSR count). The van der Waals surface area contributed by atoms with Crippen molar-refractivity contribution in [3.05, 3.63) is 72.3 Å². The normalized spacial score (nSPS) is 16.4. The molecule has 0 aliphatic carbocycles. The minimum absolute atomic E-state index is 0.00453. The van der Waals surface area contributed by atoms with Gasteiger partial charge in [-0.05, 0) is 5.56 Å². The molecule has 0 bridgehead atoms. The lowest BCUT2D eigenvalue weighted by atomic mass is 10.2. The first-order valence-corrected chi connectivity index (χ1v) is 9.52. The second-order valence-electron chi connectivity index (χ2n) is 6.67.